The number of ether oxygens (including phenoxy) is 1. The van der Waals surface area contributed by atoms with Gasteiger partial charge in [0.2, 0.25) is 5.82 Å². The molecule has 316 valence electrons. The molecule has 1 aliphatic carbocycles. The first-order chi connectivity index (χ1) is 27.5. The topological polar surface area (TPSA) is 150 Å². The van der Waals surface area contributed by atoms with E-state index in [0.717, 1.165) is 27.4 Å². The molecule has 0 saturated heterocycles. The summed E-state index contributed by atoms with van der Waals surface area (Å²) in [6.45, 7) is 6.08. The predicted molar refractivity (Wildman–Crippen MR) is 199 cm³/mol. The van der Waals surface area contributed by atoms with Crippen molar-refractivity contribution < 1.29 is 45.1 Å². The van der Waals surface area contributed by atoms with Crippen LogP contribution in [0.3, 0.4) is 0 Å². The lowest BCUT2D eigenvalue weighted by atomic mass is 9.75. The number of alkyl halides is 7. The second-order valence-electron chi connectivity index (χ2n) is 16.4. The number of halogens is 8. The van der Waals surface area contributed by atoms with Crippen molar-refractivity contribution in [2.75, 3.05) is 18.1 Å². The third-order valence-corrected chi connectivity index (χ3v) is 11.3. The Morgan fingerprint density at radius 1 is 1.00 bits per heavy atom. The molecule has 3 aliphatic rings. The van der Waals surface area contributed by atoms with Gasteiger partial charge in [0.05, 0.1) is 29.7 Å². The standard InChI is InChI=1S/C38H40ClF7N10O3/c1-34(2,3)19-37(22-6-8-23(9-7-22)53-13-14-54-27(17-53)51-52-31(54)38(44,45)46)32(58)55(33(47)50-37)26(18-59-28(57)16-36(11-12-36)35(4,42)43)21-5-10-24(39)25(15-21)56-30(29(40)41)48-20-49-56/h5-10,15,20,26,29H,11-14,16-19H2,1-4H3,(H2,47,50)/t26-,37-/m1/s1. The molecule has 4 heterocycles. The number of rotatable bonds is 12. The quantitative estimate of drug-likeness (QED) is 0.114. The molecule has 13 nitrogen and oxygen atoms in total. The number of amides is 1. The second kappa shape index (κ2) is 14.8. The summed E-state index contributed by atoms with van der Waals surface area (Å²) in [5.74, 6) is -6.64. The highest BCUT2D eigenvalue weighted by molar-refractivity contribution is 6.32. The van der Waals surface area contributed by atoms with Gasteiger partial charge >= 0.3 is 12.1 Å². The first-order valence-corrected chi connectivity index (χ1v) is 19.0. The number of hydrogen-bond acceptors (Lipinski definition) is 10. The van der Waals surface area contributed by atoms with Gasteiger partial charge < -0.3 is 19.9 Å². The molecule has 21 heteroatoms. The summed E-state index contributed by atoms with van der Waals surface area (Å²) in [6.07, 6.45) is -6.99. The lowest BCUT2D eigenvalue weighted by Crippen LogP contribution is -2.47. The summed E-state index contributed by atoms with van der Waals surface area (Å²) in [5, 5.41) is 11.0. The van der Waals surface area contributed by atoms with Crippen molar-refractivity contribution in [3.8, 4) is 5.69 Å². The van der Waals surface area contributed by atoms with Crippen LogP contribution in [0.5, 0.6) is 0 Å². The maximum atomic E-state index is 15.1. The largest absolute Gasteiger partial charge is 0.463 e. The van der Waals surface area contributed by atoms with E-state index >= 15 is 4.79 Å². The average Bonchev–Trinajstić information content (AvgIpc) is 3.46. The van der Waals surface area contributed by atoms with Gasteiger partial charge in [0.25, 0.3) is 18.3 Å². The molecule has 1 saturated carbocycles. The Morgan fingerprint density at radius 2 is 1.69 bits per heavy atom. The van der Waals surface area contributed by atoms with Crippen LogP contribution in [0, 0.1) is 10.8 Å². The Balaban J connectivity index is 1.23. The van der Waals surface area contributed by atoms with E-state index in [9.17, 15) is 35.5 Å². The van der Waals surface area contributed by atoms with E-state index in [4.69, 9.17) is 27.1 Å². The van der Waals surface area contributed by atoms with Gasteiger partial charge in [-0.2, -0.15) is 18.3 Å². The molecule has 2 aliphatic heterocycles. The van der Waals surface area contributed by atoms with Gasteiger partial charge in [0.15, 0.2) is 23.1 Å². The lowest BCUT2D eigenvalue weighted by Gasteiger charge is -2.35. The maximum absolute atomic E-state index is 15.1. The Hall–Kier alpha value is -5.27. The number of carbonyl (C=O) groups excluding carboxylic acids is 2. The summed E-state index contributed by atoms with van der Waals surface area (Å²) in [4.78, 5) is 39.6. The number of nitrogens with zero attached hydrogens (tertiary/aromatic N) is 9. The molecule has 4 aromatic rings. The SMILES string of the molecule is CC(C)(C)C[C@]1(c2ccc(N3CCn4c(nnc4C(F)(F)F)C3)cc2)N=C(N)N([C@H](COC(=O)CC2(C(C)(F)F)CC2)c2ccc(Cl)c(-n3ncnc3C(F)F)c2)C1=O. The van der Waals surface area contributed by atoms with E-state index in [1.165, 1.54) is 18.2 Å². The zero-order chi connectivity index (χ0) is 42.9. The molecule has 2 aromatic heterocycles. The van der Waals surface area contributed by atoms with E-state index in [1.54, 1.807) is 24.3 Å². The minimum Gasteiger partial charge on any atom is -0.463 e. The van der Waals surface area contributed by atoms with Crippen LogP contribution in [0.15, 0.2) is 53.8 Å². The summed E-state index contributed by atoms with van der Waals surface area (Å²) in [6, 6.07) is 9.70. The molecule has 0 bridgehead atoms. The lowest BCUT2D eigenvalue weighted by molar-refractivity contribution is -0.153. The number of aromatic nitrogens is 6. The van der Waals surface area contributed by atoms with Crippen molar-refractivity contribution in [2.45, 2.75) is 96.6 Å². The Labute approximate surface area is 338 Å². The molecule has 2 aromatic carbocycles. The fourth-order valence-corrected chi connectivity index (χ4v) is 8.03. The van der Waals surface area contributed by atoms with Crippen molar-refractivity contribution in [3.63, 3.8) is 0 Å². The zero-order valence-electron chi connectivity index (χ0n) is 32.3. The van der Waals surface area contributed by atoms with Gasteiger partial charge in [0, 0.05) is 24.2 Å². The summed E-state index contributed by atoms with van der Waals surface area (Å²) in [7, 11) is 0. The number of anilines is 1. The van der Waals surface area contributed by atoms with Crippen molar-refractivity contribution >= 4 is 35.1 Å². The molecule has 2 N–H and O–H groups in total. The minimum atomic E-state index is -4.65. The zero-order valence-corrected chi connectivity index (χ0v) is 33.0. The van der Waals surface area contributed by atoms with Crippen LogP contribution >= 0.6 is 11.6 Å². The first kappa shape index (κ1) is 41.9. The molecule has 1 fully saturated rings. The van der Waals surface area contributed by atoms with E-state index in [0.29, 0.717) is 11.3 Å². The predicted octanol–water partition coefficient (Wildman–Crippen LogP) is 7.39. The number of fused-ring (bicyclic) bond motifs is 1. The number of guanidine groups is 1. The van der Waals surface area contributed by atoms with Crippen LogP contribution in [-0.2, 0) is 39.1 Å². The fourth-order valence-electron chi connectivity index (χ4n) is 7.84. The number of benzene rings is 2. The van der Waals surface area contributed by atoms with E-state index in [2.05, 4.69) is 20.3 Å². The second-order valence-corrected chi connectivity index (χ2v) is 16.8. The fraction of sp³-hybridized carbons (Fsp3) is 0.500. The third-order valence-electron chi connectivity index (χ3n) is 11.0. The highest BCUT2D eigenvalue weighted by atomic mass is 35.5. The van der Waals surface area contributed by atoms with E-state index < -0.39 is 77.5 Å². The number of carbonyl (C=O) groups is 2. The number of aliphatic imine (C=N–C) groups is 1. The van der Waals surface area contributed by atoms with E-state index in [-0.39, 0.29) is 67.0 Å². The molecule has 0 spiro atoms. The molecular weight excluding hydrogens is 813 g/mol. The molecule has 7 rings (SSSR count). The Morgan fingerprint density at radius 3 is 2.31 bits per heavy atom. The van der Waals surface area contributed by atoms with Crippen molar-refractivity contribution in [3.05, 3.63) is 82.4 Å². The van der Waals surface area contributed by atoms with E-state index in [1.807, 2.05) is 25.7 Å². The number of hydrogen-bond donors (Lipinski definition) is 1. The van der Waals surface area contributed by atoms with Crippen LogP contribution in [-0.4, -0.2) is 71.3 Å². The first-order valence-electron chi connectivity index (χ1n) is 18.6. The average molecular weight is 853 g/mol. The third kappa shape index (κ3) is 7.94. The Bertz CT molecular complexity index is 2280. The van der Waals surface area contributed by atoms with Gasteiger partial charge in [-0.15, -0.1) is 10.2 Å². The molecule has 2 atom stereocenters. The highest BCUT2D eigenvalue weighted by Gasteiger charge is 2.60. The summed E-state index contributed by atoms with van der Waals surface area (Å²) in [5.41, 5.74) is 4.07. The minimum absolute atomic E-state index is 0.0101. The van der Waals surface area contributed by atoms with Crippen molar-refractivity contribution in [1.29, 1.82) is 0 Å². The molecule has 0 radical (unpaired) electrons. The van der Waals surface area contributed by atoms with Gasteiger partial charge in [-0.1, -0.05) is 50.6 Å². The number of nitrogens with two attached hydrogens (primary N) is 1. The van der Waals surface area contributed by atoms with Crippen LogP contribution in [0.4, 0.5) is 36.4 Å². The molecule has 59 heavy (non-hydrogen) atoms. The monoisotopic (exact) mass is 852 g/mol. The maximum Gasteiger partial charge on any atom is 0.451 e. The van der Waals surface area contributed by atoms with Crippen molar-refractivity contribution in [2.24, 2.45) is 21.6 Å². The van der Waals surface area contributed by atoms with Gasteiger partial charge in [0.1, 0.15) is 12.9 Å². The van der Waals surface area contributed by atoms with Gasteiger partial charge in [-0.05, 0) is 67.0 Å². The van der Waals surface area contributed by atoms with Crippen LogP contribution in [0.25, 0.3) is 5.69 Å². The number of esters is 1. The van der Waals surface area contributed by atoms with Crippen LogP contribution < -0.4 is 10.6 Å². The Kier molecular flexibility index (Phi) is 10.5. The summed E-state index contributed by atoms with van der Waals surface area (Å²) >= 11 is 6.47. The molecule has 0 unspecified atom stereocenters. The van der Waals surface area contributed by atoms with Gasteiger partial charge in [-0.25, -0.2) is 32.2 Å². The van der Waals surface area contributed by atoms with Gasteiger partial charge in [-0.3, -0.25) is 14.5 Å². The normalized spacial score (nSPS) is 19.9. The smallest absolute Gasteiger partial charge is 0.451 e. The highest BCUT2D eigenvalue weighted by Crippen LogP contribution is 2.59. The molecule has 1 amide bonds. The summed E-state index contributed by atoms with van der Waals surface area (Å²) < 4.78 is 105. The van der Waals surface area contributed by atoms with Crippen molar-refractivity contribution in [1.82, 2.24) is 34.4 Å². The molecular formula is C38H40ClF7N10O3. The van der Waals surface area contributed by atoms with Crippen LogP contribution in [0.1, 0.15) is 94.4 Å². The van der Waals surface area contributed by atoms with Crippen LogP contribution in [0.2, 0.25) is 5.02 Å².